The van der Waals surface area contributed by atoms with Crippen molar-refractivity contribution in [1.29, 1.82) is 0 Å². The number of carbonyl (C=O) groups excluding carboxylic acids is 1. The number of halogens is 1. The van der Waals surface area contributed by atoms with E-state index in [1.165, 1.54) is 24.8 Å². The molecule has 0 aromatic carbocycles. The monoisotopic (exact) mass is 296 g/mol. The molecule has 3 rings (SSSR count). The molecular formula is C15H21BrO. The lowest BCUT2D eigenvalue weighted by molar-refractivity contribution is -0.157. The molecule has 2 heteroatoms. The Morgan fingerprint density at radius 2 is 2.00 bits per heavy atom. The molecule has 0 unspecified atom stereocenters. The summed E-state index contributed by atoms with van der Waals surface area (Å²) in [6.45, 7) is 9.10. The second kappa shape index (κ2) is 3.07. The maximum atomic E-state index is 12.2. The number of carbonyl (C=O) groups is 1. The summed E-state index contributed by atoms with van der Waals surface area (Å²) in [5.74, 6) is 0.546. The van der Waals surface area contributed by atoms with E-state index < -0.39 is 0 Å². The maximum Gasteiger partial charge on any atom is 0.159 e. The van der Waals surface area contributed by atoms with Crippen molar-refractivity contribution in [2.24, 2.45) is 22.2 Å². The van der Waals surface area contributed by atoms with Gasteiger partial charge in [-0.3, -0.25) is 4.79 Å². The summed E-state index contributed by atoms with van der Waals surface area (Å²) in [6, 6.07) is 0. The van der Waals surface area contributed by atoms with Gasteiger partial charge in [0.1, 0.15) is 0 Å². The van der Waals surface area contributed by atoms with Gasteiger partial charge in [0.15, 0.2) is 5.78 Å². The SMILES string of the molecule is CC1=CC(=O)[C@H](C)[C@]23CC[C@@]2(C)[C@@H](Br)C[C@]13C. The van der Waals surface area contributed by atoms with Crippen molar-refractivity contribution in [3.05, 3.63) is 11.6 Å². The second-order valence-electron chi connectivity index (χ2n) is 6.84. The Kier molecular flexibility index (Phi) is 2.16. The standard InChI is InChI=1S/C15H21BrO/c1-9-7-11(17)10(2)15-6-5-13(15,3)12(16)8-14(9,15)4/h7,10,12H,5-6,8H2,1-4H3/t10-,12-,13-,14+,15+/m0/s1. The molecule has 0 bridgehead atoms. The van der Waals surface area contributed by atoms with Crippen LogP contribution in [-0.2, 0) is 4.79 Å². The van der Waals surface area contributed by atoms with Crippen molar-refractivity contribution < 1.29 is 4.79 Å². The first kappa shape index (κ1) is 12.0. The van der Waals surface area contributed by atoms with Gasteiger partial charge >= 0.3 is 0 Å². The van der Waals surface area contributed by atoms with E-state index in [0.717, 1.165) is 0 Å². The molecule has 0 aliphatic heterocycles. The highest BCUT2D eigenvalue weighted by molar-refractivity contribution is 9.09. The van der Waals surface area contributed by atoms with Gasteiger partial charge in [-0.25, -0.2) is 0 Å². The van der Waals surface area contributed by atoms with Crippen LogP contribution in [0.4, 0.5) is 0 Å². The zero-order chi connectivity index (χ0) is 12.6. The number of hydrogen-bond donors (Lipinski definition) is 0. The average Bonchev–Trinajstić information content (AvgIpc) is 2.34. The molecule has 3 aliphatic rings. The van der Waals surface area contributed by atoms with E-state index in [1.54, 1.807) is 0 Å². The minimum Gasteiger partial charge on any atom is -0.295 e. The highest BCUT2D eigenvalue weighted by Crippen LogP contribution is 2.80. The maximum absolute atomic E-state index is 12.2. The average molecular weight is 297 g/mol. The molecule has 2 saturated carbocycles. The Bertz CT molecular complexity index is 440. The van der Waals surface area contributed by atoms with Crippen molar-refractivity contribution in [2.45, 2.75) is 51.8 Å². The third kappa shape index (κ3) is 0.981. The van der Waals surface area contributed by atoms with Gasteiger partial charge in [0.2, 0.25) is 0 Å². The summed E-state index contributed by atoms with van der Waals surface area (Å²) >= 11 is 3.91. The van der Waals surface area contributed by atoms with Gasteiger partial charge in [-0.2, -0.15) is 0 Å². The summed E-state index contributed by atoms with van der Waals surface area (Å²) in [5.41, 5.74) is 2.06. The van der Waals surface area contributed by atoms with Crippen LogP contribution in [0.3, 0.4) is 0 Å². The Labute approximate surface area is 112 Å². The first-order valence-electron chi connectivity index (χ1n) is 6.66. The topological polar surface area (TPSA) is 17.1 Å². The smallest absolute Gasteiger partial charge is 0.159 e. The Balaban J connectivity index is 2.24. The fraction of sp³-hybridized carbons (Fsp3) is 0.800. The van der Waals surface area contributed by atoms with E-state index in [0.29, 0.717) is 16.0 Å². The Morgan fingerprint density at radius 1 is 1.35 bits per heavy atom. The Hall–Kier alpha value is -0.110. The third-order valence-electron chi connectivity index (χ3n) is 6.72. The number of rotatable bonds is 0. The van der Waals surface area contributed by atoms with E-state index in [-0.39, 0.29) is 16.7 Å². The van der Waals surface area contributed by atoms with Gasteiger partial charge in [-0.15, -0.1) is 0 Å². The first-order valence-corrected chi connectivity index (χ1v) is 7.58. The zero-order valence-electron chi connectivity index (χ0n) is 11.1. The molecular weight excluding hydrogens is 276 g/mol. The van der Waals surface area contributed by atoms with Crippen molar-refractivity contribution >= 4 is 21.7 Å². The molecule has 0 N–H and O–H groups in total. The molecule has 0 amide bonds. The molecule has 0 aromatic heterocycles. The lowest BCUT2D eigenvalue weighted by atomic mass is 9.38. The molecule has 0 heterocycles. The van der Waals surface area contributed by atoms with Gasteiger partial charge in [-0.1, -0.05) is 42.3 Å². The van der Waals surface area contributed by atoms with Crippen LogP contribution in [0.15, 0.2) is 11.6 Å². The van der Waals surface area contributed by atoms with Crippen LogP contribution in [0.5, 0.6) is 0 Å². The van der Waals surface area contributed by atoms with Crippen LogP contribution >= 0.6 is 15.9 Å². The van der Waals surface area contributed by atoms with Crippen LogP contribution in [0.25, 0.3) is 0 Å². The molecule has 0 aromatic rings. The second-order valence-corrected chi connectivity index (χ2v) is 7.95. The van der Waals surface area contributed by atoms with Gasteiger partial charge < -0.3 is 0 Å². The minimum absolute atomic E-state index is 0.192. The predicted octanol–water partition coefficient (Wildman–Crippen LogP) is 4.11. The number of allylic oxidation sites excluding steroid dienone is 2. The molecule has 94 valence electrons. The molecule has 3 aliphatic carbocycles. The molecule has 1 spiro atoms. The van der Waals surface area contributed by atoms with Gasteiger partial charge in [0, 0.05) is 10.7 Å². The van der Waals surface area contributed by atoms with Gasteiger partial charge in [0.25, 0.3) is 0 Å². The normalized spacial score (nSPS) is 57.0. The molecule has 0 radical (unpaired) electrons. The summed E-state index contributed by atoms with van der Waals surface area (Å²) in [7, 11) is 0. The highest BCUT2D eigenvalue weighted by Gasteiger charge is 2.75. The highest BCUT2D eigenvalue weighted by atomic mass is 79.9. The van der Waals surface area contributed by atoms with Crippen molar-refractivity contribution in [3.63, 3.8) is 0 Å². The molecule has 17 heavy (non-hydrogen) atoms. The lowest BCUT2D eigenvalue weighted by Gasteiger charge is -2.65. The number of ketones is 1. The third-order valence-corrected chi connectivity index (χ3v) is 8.05. The van der Waals surface area contributed by atoms with Crippen molar-refractivity contribution in [1.82, 2.24) is 0 Å². The van der Waals surface area contributed by atoms with Crippen LogP contribution in [0, 0.1) is 22.2 Å². The fourth-order valence-corrected chi connectivity index (χ4v) is 6.62. The van der Waals surface area contributed by atoms with Gasteiger partial charge in [-0.05, 0) is 48.5 Å². The molecule has 5 atom stereocenters. The summed E-state index contributed by atoms with van der Waals surface area (Å²) < 4.78 is 0. The lowest BCUT2D eigenvalue weighted by Crippen LogP contribution is -2.61. The predicted molar refractivity (Wildman–Crippen MR) is 73.1 cm³/mol. The summed E-state index contributed by atoms with van der Waals surface area (Å²) in [5, 5.41) is 0. The van der Waals surface area contributed by atoms with Crippen LogP contribution in [0.1, 0.15) is 47.0 Å². The van der Waals surface area contributed by atoms with E-state index in [9.17, 15) is 4.79 Å². The van der Waals surface area contributed by atoms with Crippen LogP contribution in [0.2, 0.25) is 0 Å². The van der Waals surface area contributed by atoms with E-state index in [1.807, 2.05) is 6.08 Å². The van der Waals surface area contributed by atoms with Crippen LogP contribution in [-0.4, -0.2) is 10.6 Å². The van der Waals surface area contributed by atoms with Crippen LogP contribution < -0.4 is 0 Å². The van der Waals surface area contributed by atoms with E-state index >= 15 is 0 Å². The van der Waals surface area contributed by atoms with Gasteiger partial charge in [0.05, 0.1) is 0 Å². The quantitative estimate of drug-likeness (QED) is 0.615. The molecule has 2 fully saturated rings. The largest absolute Gasteiger partial charge is 0.295 e. The minimum atomic E-state index is 0.192. The Morgan fingerprint density at radius 3 is 2.53 bits per heavy atom. The van der Waals surface area contributed by atoms with E-state index in [4.69, 9.17) is 0 Å². The number of alkyl halides is 1. The van der Waals surface area contributed by atoms with E-state index in [2.05, 4.69) is 43.6 Å². The first-order chi connectivity index (χ1) is 7.79. The summed E-state index contributed by atoms with van der Waals surface area (Å²) in [6.07, 6.45) is 5.59. The molecule has 1 nitrogen and oxygen atoms in total. The van der Waals surface area contributed by atoms with Crippen molar-refractivity contribution in [2.75, 3.05) is 0 Å². The molecule has 0 saturated heterocycles. The zero-order valence-corrected chi connectivity index (χ0v) is 12.7. The number of hydrogen-bond acceptors (Lipinski definition) is 1. The summed E-state index contributed by atoms with van der Waals surface area (Å²) in [4.78, 5) is 12.8. The fourth-order valence-electron chi connectivity index (χ4n) is 5.34. The van der Waals surface area contributed by atoms with Crippen molar-refractivity contribution in [3.8, 4) is 0 Å².